The van der Waals surface area contributed by atoms with Gasteiger partial charge in [0.05, 0.1) is 0 Å². The Kier molecular flexibility index (Phi) is 4.07. The van der Waals surface area contributed by atoms with Crippen molar-refractivity contribution in [2.75, 3.05) is 6.61 Å². The average Bonchev–Trinajstić information content (AvgIpc) is 2.95. The van der Waals surface area contributed by atoms with Crippen molar-refractivity contribution in [3.05, 3.63) is 50.4 Å². The molecule has 5 heteroatoms. The van der Waals surface area contributed by atoms with Crippen molar-refractivity contribution in [1.82, 2.24) is 10.3 Å². The fourth-order valence-electron chi connectivity index (χ4n) is 3.04. The number of hydrogen-bond donors (Lipinski definition) is 1. The minimum atomic E-state index is 0.175. The molecule has 2 aromatic rings. The maximum Gasteiger partial charge on any atom is 0.122 e. The predicted molar refractivity (Wildman–Crippen MR) is 91.9 cm³/mol. The van der Waals surface area contributed by atoms with Crippen LogP contribution in [0.25, 0.3) is 0 Å². The van der Waals surface area contributed by atoms with Gasteiger partial charge in [0.2, 0.25) is 0 Å². The summed E-state index contributed by atoms with van der Waals surface area (Å²) in [7, 11) is 0. The lowest BCUT2D eigenvalue weighted by molar-refractivity contribution is 0.111. The van der Waals surface area contributed by atoms with Gasteiger partial charge in [-0.15, -0.1) is 11.3 Å². The number of aromatic nitrogens is 1. The molecule has 4 rings (SSSR count). The van der Waals surface area contributed by atoms with E-state index < -0.39 is 0 Å². The van der Waals surface area contributed by atoms with Gasteiger partial charge < -0.3 is 10.1 Å². The summed E-state index contributed by atoms with van der Waals surface area (Å²) in [5.74, 6) is 0. The van der Waals surface area contributed by atoms with E-state index in [2.05, 4.69) is 50.5 Å². The van der Waals surface area contributed by atoms with Gasteiger partial charge in [-0.05, 0) is 43.4 Å². The number of halogens is 1. The molecule has 3 nitrogen and oxygen atoms in total. The van der Waals surface area contributed by atoms with Gasteiger partial charge >= 0.3 is 0 Å². The van der Waals surface area contributed by atoms with E-state index in [-0.39, 0.29) is 11.6 Å². The zero-order valence-electron chi connectivity index (χ0n) is 12.3. The summed E-state index contributed by atoms with van der Waals surface area (Å²) in [5, 5.41) is 4.88. The fourth-order valence-corrected chi connectivity index (χ4v) is 4.25. The number of hydrogen-bond acceptors (Lipinski definition) is 4. The Morgan fingerprint density at radius 3 is 2.82 bits per heavy atom. The molecule has 1 aliphatic heterocycles. The van der Waals surface area contributed by atoms with E-state index in [1.54, 1.807) is 11.3 Å². The Balaban J connectivity index is 1.41. The van der Waals surface area contributed by atoms with Crippen LogP contribution < -0.4 is 5.32 Å². The van der Waals surface area contributed by atoms with Crippen molar-refractivity contribution in [2.24, 2.45) is 0 Å². The predicted octanol–water partition coefficient (Wildman–Crippen LogP) is 4.54. The largest absolute Gasteiger partial charge is 0.371 e. The molecular weight excluding hydrogens is 360 g/mol. The van der Waals surface area contributed by atoms with Gasteiger partial charge in [0.1, 0.15) is 11.1 Å². The second-order valence-electron chi connectivity index (χ2n) is 6.11. The number of benzene rings is 1. The van der Waals surface area contributed by atoms with Crippen LogP contribution in [0.15, 0.2) is 34.9 Å². The highest BCUT2D eigenvalue weighted by molar-refractivity contribution is 9.10. The van der Waals surface area contributed by atoms with E-state index in [9.17, 15) is 0 Å². The van der Waals surface area contributed by atoms with Crippen molar-refractivity contribution in [3.63, 3.8) is 0 Å². The SMILES string of the molecule is Brc1ccc(C2(NCc3cnc([C@@H]4CCCO4)s3)CC2)cc1. The summed E-state index contributed by atoms with van der Waals surface area (Å²) in [4.78, 5) is 5.85. The zero-order valence-corrected chi connectivity index (χ0v) is 14.8. The van der Waals surface area contributed by atoms with Crippen LogP contribution in [0, 0.1) is 0 Å². The minimum Gasteiger partial charge on any atom is -0.371 e. The van der Waals surface area contributed by atoms with E-state index >= 15 is 0 Å². The standard InChI is InChI=1S/C17H19BrN2OS/c18-13-5-3-12(4-6-13)17(7-8-17)20-11-14-10-19-16(22-14)15-2-1-9-21-15/h3-6,10,15,20H,1-2,7-9,11H2/t15-/m0/s1. The maximum atomic E-state index is 5.71. The smallest absolute Gasteiger partial charge is 0.122 e. The maximum absolute atomic E-state index is 5.71. The Morgan fingerprint density at radius 1 is 1.32 bits per heavy atom. The first-order chi connectivity index (χ1) is 10.8. The van der Waals surface area contributed by atoms with Crippen molar-refractivity contribution in [3.8, 4) is 0 Å². The molecular formula is C17H19BrN2OS. The van der Waals surface area contributed by atoms with Crippen LogP contribution in [0.3, 0.4) is 0 Å². The van der Waals surface area contributed by atoms with Crippen LogP contribution >= 0.6 is 27.3 Å². The number of rotatable bonds is 5. The van der Waals surface area contributed by atoms with E-state index in [4.69, 9.17) is 4.74 Å². The highest BCUT2D eigenvalue weighted by Gasteiger charge is 2.43. The van der Waals surface area contributed by atoms with Crippen molar-refractivity contribution < 1.29 is 4.74 Å². The first-order valence-corrected chi connectivity index (χ1v) is 9.43. The van der Waals surface area contributed by atoms with Gasteiger partial charge in [-0.25, -0.2) is 4.98 Å². The molecule has 2 fully saturated rings. The highest BCUT2D eigenvalue weighted by atomic mass is 79.9. The fraction of sp³-hybridized carbons (Fsp3) is 0.471. The molecule has 1 aliphatic carbocycles. The lowest BCUT2D eigenvalue weighted by Crippen LogP contribution is -2.27. The molecule has 2 heterocycles. The topological polar surface area (TPSA) is 34.2 Å². The molecule has 1 saturated carbocycles. The minimum absolute atomic E-state index is 0.175. The zero-order chi connectivity index (χ0) is 15.0. The van der Waals surface area contributed by atoms with Gasteiger partial charge in [-0.1, -0.05) is 28.1 Å². The van der Waals surface area contributed by atoms with Gasteiger partial charge in [-0.3, -0.25) is 0 Å². The molecule has 0 radical (unpaired) electrons. The molecule has 1 aromatic heterocycles. The molecule has 0 unspecified atom stereocenters. The van der Waals surface area contributed by atoms with Crippen LogP contribution in [0.4, 0.5) is 0 Å². The van der Waals surface area contributed by atoms with Crippen molar-refractivity contribution in [1.29, 1.82) is 0 Å². The third kappa shape index (κ3) is 3.00. The first kappa shape index (κ1) is 14.8. The molecule has 22 heavy (non-hydrogen) atoms. The van der Waals surface area contributed by atoms with Gasteiger partial charge in [0, 0.05) is 34.2 Å². The van der Waals surface area contributed by atoms with Gasteiger partial charge in [0.25, 0.3) is 0 Å². The van der Waals surface area contributed by atoms with Crippen molar-refractivity contribution >= 4 is 27.3 Å². The summed E-state index contributed by atoms with van der Waals surface area (Å²) >= 11 is 5.29. The molecule has 116 valence electrons. The first-order valence-electron chi connectivity index (χ1n) is 7.82. The molecule has 1 atom stereocenters. The quantitative estimate of drug-likeness (QED) is 0.829. The lowest BCUT2D eigenvalue weighted by Gasteiger charge is -2.17. The Bertz CT molecular complexity index is 645. The molecule has 0 spiro atoms. The van der Waals surface area contributed by atoms with E-state index in [0.29, 0.717) is 0 Å². The summed E-state index contributed by atoms with van der Waals surface area (Å²) in [5.41, 5.74) is 1.56. The summed E-state index contributed by atoms with van der Waals surface area (Å²) in [6.07, 6.45) is 6.94. The van der Waals surface area contributed by atoms with Crippen molar-refractivity contribution in [2.45, 2.75) is 43.9 Å². The number of nitrogens with zero attached hydrogens (tertiary/aromatic N) is 1. The van der Waals surface area contributed by atoms with Gasteiger partial charge in [-0.2, -0.15) is 0 Å². The average molecular weight is 379 g/mol. The van der Waals surface area contributed by atoms with Crippen LogP contribution in [-0.4, -0.2) is 11.6 Å². The Hall–Kier alpha value is -0.750. The van der Waals surface area contributed by atoms with Crippen LogP contribution in [0.1, 0.15) is 47.2 Å². The number of thiazole rings is 1. The summed E-state index contributed by atoms with van der Waals surface area (Å²) in [6.45, 7) is 1.77. The van der Waals surface area contributed by atoms with E-state index in [1.807, 2.05) is 6.20 Å². The highest BCUT2D eigenvalue weighted by Crippen LogP contribution is 2.46. The molecule has 0 bridgehead atoms. The number of nitrogens with one attached hydrogen (secondary N) is 1. The van der Waals surface area contributed by atoms with Crippen LogP contribution in [0.2, 0.25) is 0 Å². The van der Waals surface area contributed by atoms with Crippen LogP contribution in [-0.2, 0) is 16.8 Å². The third-order valence-electron chi connectivity index (χ3n) is 4.52. The molecule has 0 amide bonds. The Morgan fingerprint density at radius 2 is 2.14 bits per heavy atom. The molecule has 1 saturated heterocycles. The normalized spacial score (nSPS) is 22.9. The molecule has 2 aliphatic rings. The monoisotopic (exact) mass is 378 g/mol. The van der Waals surface area contributed by atoms with Crippen LogP contribution in [0.5, 0.6) is 0 Å². The third-order valence-corrected chi connectivity index (χ3v) is 6.14. The number of ether oxygens (including phenoxy) is 1. The van der Waals surface area contributed by atoms with E-state index in [0.717, 1.165) is 35.5 Å². The van der Waals surface area contributed by atoms with E-state index in [1.165, 1.54) is 23.3 Å². The Labute approximate surface area is 143 Å². The summed E-state index contributed by atoms with van der Waals surface area (Å²) in [6, 6.07) is 8.68. The molecule has 1 aromatic carbocycles. The van der Waals surface area contributed by atoms with Gasteiger partial charge in [0.15, 0.2) is 0 Å². The second kappa shape index (κ2) is 6.04. The molecule has 1 N–H and O–H groups in total. The second-order valence-corrected chi connectivity index (χ2v) is 8.17. The summed E-state index contributed by atoms with van der Waals surface area (Å²) < 4.78 is 6.85. The lowest BCUT2D eigenvalue weighted by atomic mass is 10.1.